The number of ether oxygens (including phenoxy) is 2. The number of hydrogen-bond donors (Lipinski definition) is 1. The third kappa shape index (κ3) is 4.71. The Morgan fingerprint density at radius 2 is 1.93 bits per heavy atom. The van der Waals surface area contributed by atoms with Gasteiger partial charge >= 0.3 is 0 Å². The van der Waals surface area contributed by atoms with Gasteiger partial charge < -0.3 is 14.8 Å². The van der Waals surface area contributed by atoms with Gasteiger partial charge in [-0.2, -0.15) is 0 Å². The molecule has 4 rings (SSSR count). The van der Waals surface area contributed by atoms with E-state index in [9.17, 15) is 9.18 Å². The van der Waals surface area contributed by atoms with Crippen LogP contribution in [0.4, 0.5) is 4.39 Å². The second-order valence-electron chi connectivity index (χ2n) is 7.88. The first-order valence-corrected chi connectivity index (χ1v) is 10.7. The Kier molecular flexibility index (Phi) is 6.44. The molecule has 0 spiro atoms. The minimum Gasteiger partial charge on any atom is -0.486 e. The van der Waals surface area contributed by atoms with Gasteiger partial charge in [0.25, 0.3) is 0 Å². The highest BCUT2D eigenvalue weighted by atomic mass is 35.5. The number of amides is 1. The van der Waals surface area contributed by atoms with Gasteiger partial charge in [-0.25, -0.2) is 4.39 Å². The van der Waals surface area contributed by atoms with E-state index >= 15 is 0 Å². The SMILES string of the molecule is C[C@@H](NC(=O)C1CCN(Cc2c(F)cccc2Cl)CC1)c1ccc2c(c1)OCCO2. The molecule has 1 saturated heterocycles. The maximum Gasteiger partial charge on any atom is 0.223 e. The molecule has 0 aromatic heterocycles. The van der Waals surface area contributed by atoms with E-state index < -0.39 is 0 Å². The quantitative estimate of drug-likeness (QED) is 0.763. The average molecular weight is 433 g/mol. The standard InChI is InChI=1S/C23H26ClFN2O3/c1-15(17-5-6-21-22(13-17)30-12-11-29-21)26-23(28)16-7-9-27(10-8-16)14-18-19(24)3-2-4-20(18)25/h2-6,13,15-16H,7-12,14H2,1H3,(H,26,28)/t15-/m1/s1. The van der Waals surface area contributed by atoms with E-state index in [1.165, 1.54) is 6.07 Å². The van der Waals surface area contributed by atoms with E-state index in [0.29, 0.717) is 30.3 Å². The molecule has 2 aromatic rings. The molecular weight excluding hydrogens is 407 g/mol. The Labute approximate surface area is 181 Å². The highest BCUT2D eigenvalue weighted by molar-refractivity contribution is 6.31. The molecular formula is C23H26ClFN2O3. The van der Waals surface area contributed by atoms with E-state index in [2.05, 4.69) is 10.2 Å². The van der Waals surface area contributed by atoms with Crippen molar-refractivity contribution in [1.82, 2.24) is 10.2 Å². The van der Waals surface area contributed by atoms with Gasteiger partial charge in [-0.05, 0) is 62.7 Å². The minimum atomic E-state index is -0.282. The van der Waals surface area contributed by atoms with Gasteiger partial charge in [-0.15, -0.1) is 0 Å². The molecule has 7 heteroatoms. The molecule has 2 heterocycles. The van der Waals surface area contributed by atoms with Crippen molar-refractivity contribution < 1.29 is 18.7 Å². The largest absolute Gasteiger partial charge is 0.486 e. The summed E-state index contributed by atoms with van der Waals surface area (Å²) in [5.41, 5.74) is 1.51. The zero-order chi connectivity index (χ0) is 21.1. The van der Waals surface area contributed by atoms with Crippen LogP contribution in [-0.2, 0) is 11.3 Å². The van der Waals surface area contributed by atoms with Crippen LogP contribution in [0, 0.1) is 11.7 Å². The number of benzene rings is 2. The number of carbonyl (C=O) groups excluding carboxylic acids is 1. The predicted octanol–water partition coefficient (Wildman–Crippen LogP) is 4.34. The minimum absolute atomic E-state index is 0.0444. The lowest BCUT2D eigenvalue weighted by molar-refractivity contribution is -0.127. The lowest BCUT2D eigenvalue weighted by atomic mass is 9.94. The Hall–Kier alpha value is -2.31. The molecule has 160 valence electrons. The fourth-order valence-corrected chi connectivity index (χ4v) is 4.23. The Morgan fingerprint density at radius 3 is 2.67 bits per heavy atom. The molecule has 2 aliphatic heterocycles. The van der Waals surface area contributed by atoms with Crippen LogP contribution >= 0.6 is 11.6 Å². The Bertz CT molecular complexity index is 895. The summed E-state index contributed by atoms with van der Waals surface area (Å²) >= 11 is 6.14. The van der Waals surface area contributed by atoms with Crippen LogP contribution in [-0.4, -0.2) is 37.1 Å². The fourth-order valence-electron chi connectivity index (χ4n) is 4.00. The summed E-state index contributed by atoms with van der Waals surface area (Å²) in [4.78, 5) is 14.9. The first-order chi connectivity index (χ1) is 14.5. The van der Waals surface area contributed by atoms with Crippen molar-refractivity contribution >= 4 is 17.5 Å². The van der Waals surface area contributed by atoms with Crippen LogP contribution in [0.3, 0.4) is 0 Å². The highest BCUT2D eigenvalue weighted by Gasteiger charge is 2.27. The first-order valence-electron chi connectivity index (χ1n) is 10.4. The van der Waals surface area contributed by atoms with Crippen molar-refractivity contribution in [3.8, 4) is 11.5 Å². The molecule has 1 fully saturated rings. The van der Waals surface area contributed by atoms with Gasteiger partial charge in [0.15, 0.2) is 11.5 Å². The molecule has 30 heavy (non-hydrogen) atoms. The second kappa shape index (κ2) is 9.23. The van der Waals surface area contributed by atoms with E-state index in [4.69, 9.17) is 21.1 Å². The molecule has 0 unspecified atom stereocenters. The van der Waals surface area contributed by atoms with Crippen molar-refractivity contribution in [1.29, 1.82) is 0 Å². The average Bonchev–Trinajstić information content (AvgIpc) is 2.76. The first kappa shape index (κ1) is 20.9. The van der Waals surface area contributed by atoms with Crippen LogP contribution in [0.5, 0.6) is 11.5 Å². The van der Waals surface area contributed by atoms with Gasteiger partial charge in [0.05, 0.1) is 6.04 Å². The monoisotopic (exact) mass is 432 g/mol. The third-order valence-electron chi connectivity index (χ3n) is 5.83. The van der Waals surface area contributed by atoms with E-state index in [1.807, 2.05) is 25.1 Å². The molecule has 5 nitrogen and oxygen atoms in total. The van der Waals surface area contributed by atoms with Gasteiger partial charge in [-0.3, -0.25) is 9.69 Å². The maximum atomic E-state index is 14.0. The summed E-state index contributed by atoms with van der Waals surface area (Å²) in [5, 5.41) is 3.57. The van der Waals surface area contributed by atoms with Crippen molar-refractivity contribution in [3.63, 3.8) is 0 Å². The molecule has 0 saturated carbocycles. The molecule has 1 amide bonds. The summed E-state index contributed by atoms with van der Waals surface area (Å²) in [7, 11) is 0. The Morgan fingerprint density at radius 1 is 1.20 bits per heavy atom. The topological polar surface area (TPSA) is 50.8 Å². The number of hydrogen-bond acceptors (Lipinski definition) is 4. The van der Waals surface area contributed by atoms with Crippen LogP contribution in [0.1, 0.15) is 36.9 Å². The molecule has 2 aromatic carbocycles. The number of piperidine rings is 1. The zero-order valence-corrected chi connectivity index (χ0v) is 17.8. The van der Waals surface area contributed by atoms with Gasteiger partial charge in [0.2, 0.25) is 5.91 Å². The zero-order valence-electron chi connectivity index (χ0n) is 17.0. The Balaban J connectivity index is 1.30. The van der Waals surface area contributed by atoms with E-state index in [1.54, 1.807) is 12.1 Å². The number of nitrogens with zero attached hydrogens (tertiary/aromatic N) is 1. The van der Waals surface area contributed by atoms with Crippen molar-refractivity contribution in [2.75, 3.05) is 26.3 Å². The lowest BCUT2D eigenvalue weighted by Gasteiger charge is -2.32. The predicted molar refractivity (Wildman–Crippen MR) is 113 cm³/mol. The molecule has 1 N–H and O–H groups in total. The summed E-state index contributed by atoms with van der Waals surface area (Å²) < 4.78 is 25.2. The van der Waals surface area contributed by atoms with Gasteiger partial charge in [-0.1, -0.05) is 23.7 Å². The second-order valence-corrected chi connectivity index (χ2v) is 8.29. The molecule has 0 radical (unpaired) electrons. The van der Waals surface area contributed by atoms with Gasteiger partial charge in [0.1, 0.15) is 19.0 Å². The van der Waals surface area contributed by atoms with Crippen LogP contribution in [0.2, 0.25) is 5.02 Å². The molecule has 2 aliphatic rings. The molecule has 0 bridgehead atoms. The summed E-state index contributed by atoms with van der Waals surface area (Å²) in [6.45, 7) is 5.00. The van der Waals surface area contributed by atoms with Crippen LogP contribution in [0.15, 0.2) is 36.4 Å². The smallest absolute Gasteiger partial charge is 0.223 e. The van der Waals surface area contributed by atoms with E-state index in [-0.39, 0.29) is 23.7 Å². The summed E-state index contributed by atoms with van der Waals surface area (Å²) in [5.74, 6) is 1.19. The number of halogens is 2. The van der Waals surface area contributed by atoms with E-state index in [0.717, 1.165) is 43.0 Å². The van der Waals surface area contributed by atoms with Crippen LogP contribution in [0.25, 0.3) is 0 Å². The normalized spacial score (nSPS) is 18.1. The highest BCUT2D eigenvalue weighted by Crippen LogP contribution is 2.33. The van der Waals surface area contributed by atoms with Crippen LogP contribution < -0.4 is 14.8 Å². The third-order valence-corrected chi connectivity index (χ3v) is 6.18. The lowest BCUT2D eigenvalue weighted by Crippen LogP contribution is -2.41. The summed E-state index contributed by atoms with van der Waals surface area (Å²) in [6, 6.07) is 10.4. The van der Waals surface area contributed by atoms with Crippen molar-refractivity contribution in [2.24, 2.45) is 5.92 Å². The molecule has 0 aliphatic carbocycles. The fraction of sp³-hybridized carbons (Fsp3) is 0.435. The number of carbonyl (C=O) groups is 1. The van der Waals surface area contributed by atoms with Gasteiger partial charge in [0, 0.05) is 23.0 Å². The number of likely N-dealkylation sites (tertiary alicyclic amines) is 1. The summed E-state index contributed by atoms with van der Waals surface area (Å²) in [6.07, 6.45) is 1.48. The van der Waals surface area contributed by atoms with Crippen molar-refractivity contribution in [2.45, 2.75) is 32.4 Å². The van der Waals surface area contributed by atoms with Crippen molar-refractivity contribution in [3.05, 3.63) is 58.4 Å². The molecule has 1 atom stereocenters. The number of nitrogens with one attached hydrogen (secondary N) is 1. The maximum absolute atomic E-state index is 14.0. The number of fused-ring (bicyclic) bond motifs is 1. The number of rotatable bonds is 5.